The van der Waals surface area contributed by atoms with Crippen LogP contribution in [-0.2, 0) is 0 Å². The molecule has 0 spiro atoms. The number of ketones is 1. The van der Waals surface area contributed by atoms with Gasteiger partial charge in [-0.25, -0.2) is 0 Å². The largest absolute Gasteiger partial charge is 0.486 e. The molecule has 5 heteroatoms. The Kier molecular flexibility index (Phi) is 2.97. The molecule has 0 amide bonds. The summed E-state index contributed by atoms with van der Waals surface area (Å²) in [5.74, 6) is 1.20. The molecule has 1 aliphatic rings. The highest BCUT2D eigenvalue weighted by molar-refractivity contribution is 7.13. The molecular formula is C13H9ClO3S. The van der Waals surface area contributed by atoms with Crippen molar-refractivity contribution in [3.63, 3.8) is 0 Å². The first-order valence-electron chi connectivity index (χ1n) is 5.43. The fourth-order valence-electron chi connectivity index (χ4n) is 1.77. The van der Waals surface area contributed by atoms with E-state index in [2.05, 4.69) is 0 Å². The molecule has 92 valence electrons. The van der Waals surface area contributed by atoms with E-state index in [9.17, 15) is 4.79 Å². The van der Waals surface area contributed by atoms with Crippen LogP contribution in [0.15, 0.2) is 29.6 Å². The zero-order valence-corrected chi connectivity index (χ0v) is 10.9. The second-order valence-corrected chi connectivity index (χ2v) is 5.11. The van der Waals surface area contributed by atoms with Crippen LogP contribution < -0.4 is 9.47 Å². The third-order valence-corrected chi connectivity index (χ3v) is 3.97. The Balaban J connectivity index is 1.98. The lowest BCUT2D eigenvalue weighted by Crippen LogP contribution is -2.15. The van der Waals surface area contributed by atoms with Crippen molar-refractivity contribution in [3.05, 3.63) is 45.1 Å². The minimum Gasteiger partial charge on any atom is -0.486 e. The van der Waals surface area contributed by atoms with Gasteiger partial charge in [-0.3, -0.25) is 4.79 Å². The van der Waals surface area contributed by atoms with E-state index in [1.807, 2.05) is 0 Å². The molecule has 0 saturated carbocycles. The Hall–Kier alpha value is -1.52. The Morgan fingerprint density at radius 1 is 1.17 bits per heavy atom. The number of ether oxygens (including phenoxy) is 2. The van der Waals surface area contributed by atoms with Gasteiger partial charge in [0.25, 0.3) is 0 Å². The number of thiophene rings is 1. The van der Waals surface area contributed by atoms with Gasteiger partial charge in [0.1, 0.15) is 13.2 Å². The second kappa shape index (κ2) is 4.63. The lowest BCUT2D eigenvalue weighted by atomic mass is 10.1. The van der Waals surface area contributed by atoms with E-state index in [-0.39, 0.29) is 5.78 Å². The van der Waals surface area contributed by atoms with E-state index in [1.54, 1.807) is 29.6 Å². The maximum atomic E-state index is 12.2. The van der Waals surface area contributed by atoms with Crippen molar-refractivity contribution in [3.8, 4) is 11.5 Å². The Labute approximate surface area is 113 Å². The van der Waals surface area contributed by atoms with E-state index < -0.39 is 0 Å². The minimum atomic E-state index is -0.0908. The fourth-order valence-corrected chi connectivity index (χ4v) is 2.87. The quantitative estimate of drug-likeness (QED) is 0.791. The van der Waals surface area contributed by atoms with Gasteiger partial charge >= 0.3 is 0 Å². The van der Waals surface area contributed by atoms with E-state index in [1.165, 1.54) is 11.3 Å². The molecule has 3 rings (SSSR count). The first-order chi connectivity index (χ1) is 8.75. The molecule has 0 fully saturated rings. The van der Waals surface area contributed by atoms with Crippen molar-refractivity contribution >= 4 is 28.7 Å². The molecule has 1 aromatic carbocycles. The number of benzene rings is 1. The molecule has 1 aliphatic heterocycles. The van der Waals surface area contributed by atoms with Gasteiger partial charge in [0, 0.05) is 5.56 Å². The number of rotatable bonds is 2. The third-order valence-electron chi connectivity index (χ3n) is 2.63. The van der Waals surface area contributed by atoms with Gasteiger partial charge in [-0.15, -0.1) is 11.3 Å². The molecule has 0 radical (unpaired) electrons. The average Bonchev–Trinajstić information content (AvgIpc) is 2.83. The first-order valence-corrected chi connectivity index (χ1v) is 6.69. The van der Waals surface area contributed by atoms with Crippen LogP contribution in [0.2, 0.25) is 5.02 Å². The lowest BCUT2D eigenvalue weighted by Gasteiger charge is -2.18. The van der Waals surface area contributed by atoms with Crippen molar-refractivity contribution in [1.29, 1.82) is 0 Å². The van der Waals surface area contributed by atoms with Crippen molar-refractivity contribution < 1.29 is 14.3 Å². The van der Waals surface area contributed by atoms with Crippen LogP contribution in [0.25, 0.3) is 0 Å². The summed E-state index contributed by atoms with van der Waals surface area (Å²) in [6, 6.07) is 6.90. The topological polar surface area (TPSA) is 35.5 Å². The van der Waals surface area contributed by atoms with Crippen LogP contribution in [0.1, 0.15) is 15.2 Å². The van der Waals surface area contributed by atoms with E-state index >= 15 is 0 Å². The van der Waals surface area contributed by atoms with Crippen molar-refractivity contribution in [2.45, 2.75) is 0 Å². The molecule has 0 N–H and O–H groups in total. The molecule has 1 aromatic heterocycles. The summed E-state index contributed by atoms with van der Waals surface area (Å²) >= 11 is 7.30. The maximum absolute atomic E-state index is 12.2. The molecule has 0 atom stereocenters. The Morgan fingerprint density at radius 2 is 1.94 bits per heavy atom. The van der Waals surface area contributed by atoms with Gasteiger partial charge in [-0.05, 0) is 29.6 Å². The number of halogens is 1. The van der Waals surface area contributed by atoms with Gasteiger partial charge < -0.3 is 9.47 Å². The van der Waals surface area contributed by atoms with Crippen LogP contribution in [-0.4, -0.2) is 19.0 Å². The highest BCUT2D eigenvalue weighted by atomic mass is 35.5. The smallest absolute Gasteiger partial charge is 0.204 e. The highest BCUT2D eigenvalue weighted by Gasteiger charge is 2.18. The SMILES string of the molecule is O=C(c1ccc2c(c1)OCCO2)c1sccc1Cl. The average molecular weight is 281 g/mol. The fraction of sp³-hybridized carbons (Fsp3) is 0.154. The minimum absolute atomic E-state index is 0.0908. The summed E-state index contributed by atoms with van der Waals surface area (Å²) in [5, 5.41) is 2.29. The van der Waals surface area contributed by atoms with Crippen LogP contribution >= 0.6 is 22.9 Å². The molecule has 18 heavy (non-hydrogen) atoms. The summed E-state index contributed by atoms with van der Waals surface area (Å²) in [5.41, 5.74) is 0.559. The van der Waals surface area contributed by atoms with Gasteiger partial charge in [-0.2, -0.15) is 0 Å². The zero-order chi connectivity index (χ0) is 12.5. The normalized spacial score (nSPS) is 13.4. The monoisotopic (exact) mass is 280 g/mol. The van der Waals surface area contributed by atoms with Crippen LogP contribution in [0, 0.1) is 0 Å². The van der Waals surface area contributed by atoms with Crippen LogP contribution in [0.4, 0.5) is 0 Å². The number of carbonyl (C=O) groups excluding carboxylic acids is 1. The van der Waals surface area contributed by atoms with E-state index in [0.717, 1.165) is 0 Å². The Bertz CT molecular complexity index is 606. The van der Waals surface area contributed by atoms with E-state index in [4.69, 9.17) is 21.1 Å². The molecule has 0 saturated heterocycles. The maximum Gasteiger partial charge on any atom is 0.204 e. The number of hydrogen-bond acceptors (Lipinski definition) is 4. The summed E-state index contributed by atoms with van der Waals surface area (Å²) in [6.07, 6.45) is 0. The summed E-state index contributed by atoms with van der Waals surface area (Å²) < 4.78 is 10.9. The van der Waals surface area contributed by atoms with Crippen molar-refractivity contribution in [2.24, 2.45) is 0 Å². The zero-order valence-electron chi connectivity index (χ0n) is 9.31. The summed E-state index contributed by atoms with van der Waals surface area (Å²) in [7, 11) is 0. The van der Waals surface area contributed by atoms with E-state index in [0.29, 0.717) is 40.2 Å². The standard InChI is InChI=1S/C13H9ClO3S/c14-9-3-6-18-13(9)12(15)8-1-2-10-11(7-8)17-5-4-16-10/h1-3,6-7H,4-5H2. The molecule has 2 heterocycles. The predicted molar refractivity (Wildman–Crippen MR) is 70.2 cm³/mol. The predicted octanol–water partition coefficient (Wildman–Crippen LogP) is 3.40. The number of fused-ring (bicyclic) bond motifs is 1. The van der Waals surface area contributed by atoms with Crippen LogP contribution in [0.3, 0.4) is 0 Å². The summed E-state index contributed by atoms with van der Waals surface area (Å²) in [4.78, 5) is 12.8. The van der Waals surface area contributed by atoms with Crippen molar-refractivity contribution in [2.75, 3.05) is 13.2 Å². The van der Waals surface area contributed by atoms with Crippen molar-refractivity contribution in [1.82, 2.24) is 0 Å². The molecule has 2 aromatic rings. The lowest BCUT2D eigenvalue weighted by molar-refractivity contribution is 0.104. The molecular weight excluding hydrogens is 272 g/mol. The summed E-state index contributed by atoms with van der Waals surface area (Å²) in [6.45, 7) is 1.04. The number of hydrogen-bond donors (Lipinski definition) is 0. The third kappa shape index (κ3) is 1.98. The highest BCUT2D eigenvalue weighted by Crippen LogP contribution is 2.33. The Morgan fingerprint density at radius 3 is 2.67 bits per heavy atom. The van der Waals surface area contributed by atoms with Gasteiger partial charge in [0.05, 0.1) is 9.90 Å². The molecule has 0 aliphatic carbocycles. The second-order valence-electron chi connectivity index (χ2n) is 3.79. The number of carbonyl (C=O) groups is 1. The molecule has 3 nitrogen and oxygen atoms in total. The van der Waals surface area contributed by atoms with Crippen LogP contribution in [0.5, 0.6) is 11.5 Å². The first kappa shape index (κ1) is 11.6. The molecule has 0 unspecified atom stereocenters. The molecule has 0 bridgehead atoms. The van der Waals surface area contributed by atoms with Gasteiger partial charge in [-0.1, -0.05) is 11.6 Å². The van der Waals surface area contributed by atoms with Gasteiger partial charge in [0.2, 0.25) is 5.78 Å². The van der Waals surface area contributed by atoms with Gasteiger partial charge in [0.15, 0.2) is 11.5 Å².